The Kier molecular flexibility index (Phi) is 2.77. The molecule has 0 amide bonds. The van der Waals surface area contributed by atoms with Gasteiger partial charge in [0.05, 0.1) is 12.8 Å². The molecule has 6 heteroatoms. The van der Waals surface area contributed by atoms with Crippen molar-refractivity contribution in [2.24, 2.45) is 0 Å². The van der Waals surface area contributed by atoms with E-state index in [0.29, 0.717) is 18.5 Å². The molecule has 2 rings (SSSR count). The van der Waals surface area contributed by atoms with Crippen LogP contribution in [0.2, 0.25) is 0 Å². The Bertz CT molecular complexity index is 406. The highest BCUT2D eigenvalue weighted by molar-refractivity contribution is 5.16. The van der Waals surface area contributed by atoms with Gasteiger partial charge in [-0.3, -0.25) is 0 Å². The van der Waals surface area contributed by atoms with Gasteiger partial charge in [-0.15, -0.1) is 5.10 Å². The topological polar surface area (TPSA) is 68.8 Å². The van der Waals surface area contributed by atoms with Gasteiger partial charge in [0.1, 0.15) is 0 Å². The van der Waals surface area contributed by atoms with Crippen LogP contribution in [-0.4, -0.2) is 26.2 Å². The number of aromatic nitrogens is 4. The van der Waals surface area contributed by atoms with Gasteiger partial charge in [-0.05, 0) is 16.5 Å². The van der Waals surface area contributed by atoms with E-state index < -0.39 is 0 Å². The van der Waals surface area contributed by atoms with E-state index in [2.05, 4.69) is 34.7 Å². The second-order valence-electron chi connectivity index (χ2n) is 3.49. The second-order valence-corrected chi connectivity index (χ2v) is 3.49. The lowest BCUT2D eigenvalue weighted by Crippen LogP contribution is -2.23. The quantitative estimate of drug-likeness (QED) is 0.801. The van der Waals surface area contributed by atoms with E-state index in [0.717, 1.165) is 5.82 Å². The van der Waals surface area contributed by atoms with Crippen LogP contribution in [0.4, 0.5) is 0 Å². The normalized spacial score (nSPS) is 11.1. The third-order valence-corrected chi connectivity index (χ3v) is 1.92. The molecular weight excluding hydrogens is 194 g/mol. The fourth-order valence-electron chi connectivity index (χ4n) is 1.17. The fourth-order valence-corrected chi connectivity index (χ4v) is 1.17. The maximum absolute atomic E-state index is 5.22. The molecule has 0 saturated carbocycles. The van der Waals surface area contributed by atoms with E-state index in [4.69, 9.17) is 4.42 Å². The Morgan fingerprint density at radius 1 is 1.53 bits per heavy atom. The average Bonchev–Trinajstić information content (AvgIpc) is 2.85. The fraction of sp³-hybridized carbons (Fsp3) is 0.444. The predicted molar refractivity (Wildman–Crippen MR) is 53.4 cm³/mol. The Labute approximate surface area is 87.3 Å². The van der Waals surface area contributed by atoms with Crippen LogP contribution < -0.4 is 5.32 Å². The largest absolute Gasteiger partial charge is 0.447 e. The number of hydrogen-bond acceptors (Lipinski definition) is 5. The van der Waals surface area contributed by atoms with Gasteiger partial charge in [0, 0.05) is 12.1 Å². The predicted octanol–water partition coefficient (Wildman–Crippen LogP) is 0.753. The smallest absolute Gasteiger partial charge is 0.222 e. The van der Waals surface area contributed by atoms with Crippen molar-refractivity contribution in [3.8, 4) is 5.88 Å². The Morgan fingerprint density at radius 2 is 2.40 bits per heavy atom. The first kappa shape index (κ1) is 9.85. The van der Waals surface area contributed by atoms with Crippen LogP contribution in [0.1, 0.15) is 19.7 Å². The highest BCUT2D eigenvalue weighted by Gasteiger charge is 2.09. The summed E-state index contributed by atoms with van der Waals surface area (Å²) in [6.45, 7) is 4.76. The summed E-state index contributed by atoms with van der Waals surface area (Å²) in [5, 5.41) is 14.6. The summed E-state index contributed by atoms with van der Waals surface area (Å²) in [5.41, 5.74) is 0. The van der Waals surface area contributed by atoms with Crippen LogP contribution >= 0.6 is 0 Å². The van der Waals surface area contributed by atoms with Gasteiger partial charge in [-0.25, -0.2) is 0 Å². The summed E-state index contributed by atoms with van der Waals surface area (Å²) in [5.74, 6) is 1.36. The molecule has 0 bridgehead atoms. The first-order valence-corrected chi connectivity index (χ1v) is 4.82. The van der Waals surface area contributed by atoms with Crippen molar-refractivity contribution >= 4 is 0 Å². The summed E-state index contributed by atoms with van der Waals surface area (Å²) in [6, 6.07) is 4.01. The molecule has 0 unspecified atom stereocenters. The molecule has 15 heavy (non-hydrogen) atoms. The van der Waals surface area contributed by atoms with Gasteiger partial charge in [-0.2, -0.15) is 4.68 Å². The van der Waals surface area contributed by atoms with Gasteiger partial charge in [0.15, 0.2) is 5.82 Å². The molecule has 1 N–H and O–H groups in total. The van der Waals surface area contributed by atoms with Gasteiger partial charge in [0.25, 0.3) is 0 Å². The minimum Gasteiger partial charge on any atom is -0.447 e. The number of rotatable bonds is 4. The molecule has 0 aliphatic carbocycles. The number of nitrogens with zero attached hydrogens (tertiary/aromatic N) is 4. The molecule has 2 aromatic heterocycles. The third-order valence-electron chi connectivity index (χ3n) is 1.92. The van der Waals surface area contributed by atoms with Crippen LogP contribution in [0, 0.1) is 0 Å². The zero-order valence-electron chi connectivity index (χ0n) is 8.71. The maximum Gasteiger partial charge on any atom is 0.222 e. The van der Waals surface area contributed by atoms with E-state index in [-0.39, 0.29) is 0 Å². The van der Waals surface area contributed by atoms with E-state index >= 15 is 0 Å². The van der Waals surface area contributed by atoms with Crippen LogP contribution in [0.3, 0.4) is 0 Å². The van der Waals surface area contributed by atoms with Crippen LogP contribution in [0.25, 0.3) is 5.88 Å². The molecule has 80 valence electrons. The van der Waals surface area contributed by atoms with Crippen molar-refractivity contribution < 1.29 is 4.42 Å². The molecule has 2 heterocycles. The lowest BCUT2D eigenvalue weighted by molar-refractivity contribution is 0.497. The monoisotopic (exact) mass is 207 g/mol. The van der Waals surface area contributed by atoms with Gasteiger partial charge < -0.3 is 9.73 Å². The molecule has 0 spiro atoms. The molecule has 0 atom stereocenters. The van der Waals surface area contributed by atoms with E-state index in [1.165, 1.54) is 0 Å². The van der Waals surface area contributed by atoms with Gasteiger partial charge in [0.2, 0.25) is 5.88 Å². The lowest BCUT2D eigenvalue weighted by Gasteiger charge is -2.06. The maximum atomic E-state index is 5.22. The Hall–Kier alpha value is -1.69. The van der Waals surface area contributed by atoms with Crippen molar-refractivity contribution in [1.29, 1.82) is 0 Å². The standard InChI is InChI=1S/C9H13N5O/c1-7(2)10-6-8-11-12-13-14(8)9-4-3-5-15-9/h3-5,7,10H,6H2,1-2H3. The zero-order chi connectivity index (χ0) is 10.7. The lowest BCUT2D eigenvalue weighted by atomic mass is 10.4. The number of tetrazole rings is 1. The molecule has 0 saturated heterocycles. The molecule has 2 aromatic rings. The van der Waals surface area contributed by atoms with Crippen molar-refractivity contribution in [3.05, 3.63) is 24.2 Å². The summed E-state index contributed by atoms with van der Waals surface area (Å²) in [7, 11) is 0. The number of hydrogen-bond donors (Lipinski definition) is 1. The molecule has 0 fully saturated rings. The third kappa shape index (κ3) is 2.21. The summed E-state index contributed by atoms with van der Waals surface area (Å²) in [4.78, 5) is 0. The zero-order valence-corrected chi connectivity index (χ0v) is 8.71. The van der Waals surface area contributed by atoms with Crippen molar-refractivity contribution in [2.45, 2.75) is 26.4 Å². The summed E-state index contributed by atoms with van der Waals surface area (Å²) >= 11 is 0. The van der Waals surface area contributed by atoms with Crippen molar-refractivity contribution in [2.75, 3.05) is 0 Å². The molecule has 0 aliphatic heterocycles. The minimum atomic E-state index is 0.395. The van der Waals surface area contributed by atoms with Gasteiger partial charge in [-0.1, -0.05) is 13.8 Å². The van der Waals surface area contributed by atoms with Crippen LogP contribution in [0.15, 0.2) is 22.8 Å². The molecule has 0 aromatic carbocycles. The highest BCUT2D eigenvalue weighted by atomic mass is 16.3. The van der Waals surface area contributed by atoms with Crippen molar-refractivity contribution in [3.63, 3.8) is 0 Å². The van der Waals surface area contributed by atoms with E-state index in [1.54, 1.807) is 17.0 Å². The summed E-state index contributed by atoms with van der Waals surface area (Å²) in [6.07, 6.45) is 1.59. The number of nitrogens with one attached hydrogen (secondary N) is 1. The van der Waals surface area contributed by atoms with Gasteiger partial charge >= 0.3 is 0 Å². The summed E-state index contributed by atoms with van der Waals surface area (Å²) < 4.78 is 6.80. The first-order chi connectivity index (χ1) is 7.27. The molecule has 6 nitrogen and oxygen atoms in total. The highest BCUT2D eigenvalue weighted by Crippen LogP contribution is 2.07. The van der Waals surface area contributed by atoms with Crippen molar-refractivity contribution in [1.82, 2.24) is 25.5 Å². The Balaban J connectivity index is 2.16. The first-order valence-electron chi connectivity index (χ1n) is 4.82. The van der Waals surface area contributed by atoms with E-state index in [1.807, 2.05) is 6.07 Å². The number of furan rings is 1. The molecule has 0 aliphatic rings. The van der Waals surface area contributed by atoms with E-state index in [9.17, 15) is 0 Å². The molecular formula is C9H13N5O. The Morgan fingerprint density at radius 3 is 3.07 bits per heavy atom. The SMILES string of the molecule is CC(C)NCc1nnnn1-c1ccco1. The van der Waals surface area contributed by atoms with Crippen LogP contribution in [-0.2, 0) is 6.54 Å². The van der Waals surface area contributed by atoms with Crippen LogP contribution in [0.5, 0.6) is 0 Å². The molecule has 0 radical (unpaired) electrons. The second kappa shape index (κ2) is 4.22. The minimum absolute atomic E-state index is 0.395. The average molecular weight is 207 g/mol.